The summed E-state index contributed by atoms with van der Waals surface area (Å²) in [6, 6.07) is -2.66. The molecule has 35 valence electrons. The standard InChI is InChI=1S/C2F3O/c3-1(4)2(5)6. The number of hydrogen-bond acceptors (Lipinski definition) is 0. The Morgan fingerprint density at radius 3 is 1.33 bits per heavy atom. The highest BCUT2D eigenvalue weighted by molar-refractivity contribution is 4.76. The average Bonchev–Trinajstić information content (AvgIpc) is 1.36. The topological polar surface area (TPSA) is 19.9 Å². The van der Waals surface area contributed by atoms with Gasteiger partial charge in [0.1, 0.15) is 0 Å². The van der Waals surface area contributed by atoms with E-state index in [9.17, 15) is 13.2 Å². The van der Waals surface area contributed by atoms with Gasteiger partial charge in [-0.2, -0.15) is 13.2 Å². The minimum absolute atomic E-state index is 2.66. The van der Waals surface area contributed by atoms with Crippen molar-refractivity contribution in [3.8, 4) is 0 Å². The SMILES string of the molecule is [O]C(F)=C(F)F. The smallest absolute Gasteiger partial charge is 0.250 e. The fourth-order valence-corrected chi connectivity index (χ4v) is 0. The Kier molecular flexibility index (Phi) is 1.50. The van der Waals surface area contributed by atoms with E-state index in [0.29, 0.717) is 0 Å². The molecule has 0 aromatic heterocycles. The second-order valence-corrected chi connectivity index (χ2v) is 0.534. The zero-order chi connectivity index (χ0) is 5.15. The van der Waals surface area contributed by atoms with Gasteiger partial charge >= 0.3 is 12.1 Å². The third-order valence-electron chi connectivity index (χ3n) is 0.149. The lowest BCUT2D eigenvalue weighted by Gasteiger charge is -1.68. The van der Waals surface area contributed by atoms with Crippen molar-refractivity contribution in [2.24, 2.45) is 0 Å². The van der Waals surface area contributed by atoms with Crippen LogP contribution in [0, 0.1) is 0 Å². The molecule has 0 bridgehead atoms. The minimum Gasteiger partial charge on any atom is -0.250 e. The van der Waals surface area contributed by atoms with Gasteiger partial charge in [-0.05, 0) is 0 Å². The molecule has 4 heteroatoms. The maximum absolute atomic E-state index is 10.4. The summed E-state index contributed by atoms with van der Waals surface area (Å²) < 4.78 is 31.1. The first-order valence-corrected chi connectivity index (χ1v) is 1.02. The molecule has 0 saturated heterocycles. The van der Waals surface area contributed by atoms with Crippen LogP contribution >= 0.6 is 0 Å². The minimum atomic E-state index is -2.80. The van der Waals surface area contributed by atoms with Gasteiger partial charge in [0.05, 0.1) is 0 Å². The van der Waals surface area contributed by atoms with E-state index in [1.807, 2.05) is 0 Å². The Morgan fingerprint density at radius 2 is 1.33 bits per heavy atom. The summed E-state index contributed by atoms with van der Waals surface area (Å²) in [5, 5.41) is 8.69. The molecule has 0 saturated carbocycles. The van der Waals surface area contributed by atoms with Crippen molar-refractivity contribution in [3.63, 3.8) is 0 Å². The molecule has 6 heavy (non-hydrogen) atoms. The van der Waals surface area contributed by atoms with E-state index < -0.39 is 12.1 Å². The van der Waals surface area contributed by atoms with Gasteiger partial charge in [-0.25, -0.2) is 5.11 Å². The zero-order valence-electron chi connectivity index (χ0n) is 2.54. The highest BCUT2D eigenvalue weighted by Crippen LogP contribution is 2.03. The van der Waals surface area contributed by atoms with Crippen molar-refractivity contribution in [2.75, 3.05) is 0 Å². The third-order valence-corrected chi connectivity index (χ3v) is 0.149. The van der Waals surface area contributed by atoms with Crippen LogP contribution in [-0.4, -0.2) is 0 Å². The maximum atomic E-state index is 10.4. The summed E-state index contributed by atoms with van der Waals surface area (Å²) in [6.07, 6.45) is -2.80. The van der Waals surface area contributed by atoms with Gasteiger partial charge in [0.15, 0.2) is 0 Å². The van der Waals surface area contributed by atoms with E-state index in [1.165, 1.54) is 0 Å². The molecule has 0 amide bonds. The molecule has 0 spiro atoms. The van der Waals surface area contributed by atoms with Crippen LogP contribution in [0.4, 0.5) is 13.2 Å². The van der Waals surface area contributed by atoms with Crippen molar-refractivity contribution in [3.05, 3.63) is 12.1 Å². The fourth-order valence-electron chi connectivity index (χ4n) is 0. The molecule has 0 aromatic rings. The first-order valence-electron chi connectivity index (χ1n) is 1.02. The third kappa shape index (κ3) is 1.63. The van der Waals surface area contributed by atoms with Crippen LogP contribution in [0.2, 0.25) is 0 Å². The predicted octanol–water partition coefficient (Wildman–Crippen LogP) is 1.45. The second kappa shape index (κ2) is 1.69. The first-order chi connectivity index (χ1) is 2.64. The number of halogens is 3. The van der Waals surface area contributed by atoms with Gasteiger partial charge < -0.3 is 0 Å². The van der Waals surface area contributed by atoms with Gasteiger partial charge in [-0.3, -0.25) is 0 Å². The largest absolute Gasteiger partial charge is 0.389 e. The first kappa shape index (κ1) is 5.33. The number of hydrogen-bond donors (Lipinski definition) is 0. The quantitative estimate of drug-likeness (QED) is 0.407. The Hall–Kier alpha value is -0.670. The summed E-state index contributed by atoms with van der Waals surface area (Å²) in [4.78, 5) is 0. The molecule has 0 aliphatic carbocycles. The Morgan fingerprint density at radius 1 is 1.17 bits per heavy atom. The van der Waals surface area contributed by atoms with Crippen molar-refractivity contribution in [2.45, 2.75) is 0 Å². The van der Waals surface area contributed by atoms with Crippen LogP contribution in [0.25, 0.3) is 0 Å². The summed E-state index contributed by atoms with van der Waals surface area (Å²) in [5.74, 6) is 0. The molecule has 0 fully saturated rings. The molecule has 1 nitrogen and oxygen atoms in total. The van der Waals surface area contributed by atoms with Gasteiger partial charge in [0.25, 0.3) is 0 Å². The van der Waals surface area contributed by atoms with E-state index in [4.69, 9.17) is 5.11 Å². The van der Waals surface area contributed by atoms with Gasteiger partial charge in [-0.1, -0.05) is 0 Å². The van der Waals surface area contributed by atoms with Crippen molar-refractivity contribution < 1.29 is 18.3 Å². The Labute approximate surface area is 31.7 Å². The highest BCUT2D eigenvalue weighted by atomic mass is 19.3. The Bertz CT molecular complexity index is 58.9. The van der Waals surface area contributed by atoms with Crippen molar-refractivity contribution in [1.29, 1.82) is 0 Å². The van der Waals surface area contributed by atoms with Gasteiger partial charge in [0, 0.05) is 0 Å². The molecule has 0 N–H and O–H groups in total. The van der Waals surface area contributed by atoms with Crippen LogP contribution in [0.15, 0.2) is 12.1 Å². The summed E-state index contributed by atoms with van der Waals surface area (Å²) >= 11 is 0. The van der Waals surface area contributed by atoms with E-state index in [-0.39, 0.29) is 0 Å². The fraction of sp³-hybridized carbons (Fsp3) is 0. The lowest BCUT2D eigenvalue weighted by atomic mass is 11.0. The molecule has 0 aliphatic rings. The van der Waals surface area contributed by atoms with Crippen LogP contribution < -0.4 is 0 Å². The molecule has 0 unspecified atom stereocenters. The molecule has 0 rings (SSSR count). The lowest BCUT2D eigenvalue weighted by molar-refractivity contribution is 0.160. The Balaban J connectivity index is 3.68. The number of rotatable bonds is 0. The van der Waals surface area contributed by atoms with Crippen LogP contribution in [0.1, 0.15) is 0 Å². The zero-order valence-corrected chi connectivity index (χ0v) is 2.54. The van der Waals surface area contributed by atoms with Gasteiger partial charge in [0.2, 0.25) is 0 Å². The van der Waals surface area contributed by atoms with E-state index in [2.05, 4.69) is 0 Å². The van der Waals surface area contributed by atoms with Crippen molar-refractivity contribution >= 4 is 0 Å². The molecule has 0 aliphatic heterocycles. The molecule has 0 heterocycles. The van der Waals surface area contributed by atoms with Gasteiger partial charge in [-0.15, -0.1) is 0 Å². The van der Waals surface area contributed by atoms with E-state index in [1.54, 1.807) is 0 Å². The molecule has 1 radical (unpaired) electrons. The second-order valence-electron chi connectivity index (χ2n) is 0.534. The molecular weight excluding hydrogens is 97.0 g/mol. The maximum Gasteiger partial charge on any atom is 0.389 e. The normalized spacial score (nSPS) is 7.83. The van der Waals surface area contributed by atoms with Crippen LogP contribution in [-0.2, 0) is 5.11 Å². The van der Waals surface area contributed by atoms with E-state index >= 15 is 0 Å². The summed E-state index contributed by atoms with van der Waals surface area (Å²) in [6.45, 7) is 0. The lowest BCUT2D eigenvalue weighted by Crippen LogP contribution is -1.62. The molecular formula is C2F3O. The molecule has 0 aromatic carbocycles. The summed E-state index contributed by atoms with van der Waals surface area (Å²) in [5.41, 5.74) is 0. The molecule has 0 atom stereocenters. The van der Waals surface area contributed by atoms with Crippen LogP contribution in [0.3, 0.4) is 0 Å². The van der Waals surface area contributed by atoms with Crippen molar-refractivity contribution in [1.82, 2.24) is 0 Å². The highest BCUT2D eigenvalue weighted by Gasteiger charge is 2.00. The van der Waals surface area contributed by atoms with Crippen LogP contribution in [0.5, 0.6) is 0 Å². The average molecular weight is 97.0 g/mol. The van der Waals surface area contributed by atoms with E-state index in [0.717, 1.165) is 0 Å². The summed E-state index contributed by atoms with van der Waals surface area (Å²) in [7, 11) is 0. The predicted molar refractivity (Wildman–Crippen MR) is 11.0 cm³/mol. The monoisotopic (exact) mass is 97.0 g/mol.